The van der Waals surface area contributed by atoms with Gasteiger partial charge >= 0.3 is 6.03 Å². The zero-order valence-electron chi connectivity index (χ0n) is 13.3. The Morgan fingerprint density at radius 2 is 2.17 bits per heavy atom. The van der Waals surface area contributed by atoms with Crippen molar-refractivity contribution in [2.24, 2.45) is 5.92 Å². The minimum atomic E-state index is -0.363. The topological polar surface area (TPSA) is 68.8 Å². The quantitative estimate of drug-likeness (QED) is 0.883. The molecular formula is C17H21FN2O4. The number of nitrogens with one attached hydrogen (secondary N) is 2. The Bertz CT molecular complexity index is 635. The van der Waals surface area contributed by atoms with Crippen LogP contribution in [0.5, 0.6) is 5.75 Å². The largest absolute Gasteiger partial charge is 0.467 e. The molecule has 7 heteroatoms. The van der Waals surface area contributed by atoms with Crippen molar-refractivity contribution in [1.82, 2.24) is 10.6 Å². The number of carbonyl (C=O) groups excluding carboxylic acids is 1. The molecule has 2 heterocycles. The zero-order chi connectivity index (χ0) is 16.5. The second-order valence-electron chi connectivity index (χ2n) is 6.56. The Balaban J connectivity index is 1.36. The van der Waals surface area contributed by atoms with E-state index in [0.717, 1.165) is 6.42 Å². The molecule has 2 N–H and O–H groups in total. The fourth-order valence-electron chi connectivity index (χ4n) is 3.44. The van der Waals surface area contributed by atoms with Gasteiger partial charge in [0.2, 0.25) is 0 Å². The third-order valence-electron chi connectivity index (χ3n) is 4.73. The summed E-state index contributed by atoms with van der Waals surface area (Å²) in [4.78, 5) is 12.2. The summed E-state index contributed by atoms with van der Waals surface area (Å²) >= 11 is 0. The molecule has 6 nitrogen and oxygen atoms in total. The third-order valence-corrected chi connectivity index (χ3v) is 4.73. The molecule has 0 bridgehead atoms. The van der Waals surface area contributed by atoms with Gasteiger partial charge in [-0.1, -0.05) is 0 Å². The Labute approximate surface area is 139 Å². The van der Waals surface area contributed by atoms with Crippen molar-refractivity contribution in [3.63, 3.8) is 0 Å². The number of amides is 2. The number of urea groups is 1. The lowest BCUT2D eigenvalue weighted by atomic mass is 10.1. The van der Waals surface area contributed by atoms with Gasteiger partial charge in [0.1, 0.15) is 11.6 Å². The number of benzene rings is 1. The Hall–Kier alpha value is -1.86. The highest BCUT2D eigenvalue weighted by atomic mass is 19.1. The van der Waals surface area contributed by atoms with E-state index in [2.05, 4.69) is 10.6 Å². The first kappa shape index (κ1) is 15.7. The summed E-state index contributed by atoms with van der Waals surface area (Å²) < 4.78 is 30.0. The van der Waals surface area contributed by atoms with E-state index in [9.17, 15) is 9.18 Å². The standard InChI is InChI=1S/C17H21FN2O4/c18-13-5-11(15-12(6-13)8-22-9-24-15)7-19-17(21)20-14-3-4-23-16(14)10-1-2-10/h5-6,10,14,16H,1-4,7-9H2,(H2,19,20,21)/t14-,16-/m0/s1. The third kappa shape index (κ3) is 3.32. The lowest BCUT2D eigenvalue weighted by molar-refractivity contribution is -0.0173. The van der Waals surface area contributed by atoms with E-state index in [1.165, 1.54) is 25.0 Å². The van der Waals surface area contributed by atoms with Gasteiger partial charge in [0.05, 0.1) is 18.8 Å². The first-order valence-electron chi connectivity index (χ1n) is 8.38. The van der Waals surface area contributed by atoms with Crippen molar-refractivity contribution in [3.8, 4) is 5.75 Å². The van der Waals surface area contributed by atoms with Gasteiger partial charge in [-0.2, -0.15) is 0 Å². The Kier molecular flexibility index (Phi) is 4.28. The Morgan fingerprint density at radius 1 is 1.29 bits per heavy atom. The molecule has 3 aliphatic rings. The van der Waals surface area contributed by atoms with Gasteiger partial charge in [-0.15, -0.1) is 0 Å². The predicted molar refractivity (Wildman–Crippen MR) is 82.9 cm³/mol. The molecule has 2 amide bonds. The first-order chi connectivity index (χ1) is 11.7. The second-order valence-corrected chi connectivity index (χ2v) is 6.56. The van der Waals surface area contributed by atoms with E-state index in [1.807, 2.05) is 0 Å². The number of rotatable bonds is 4. The summed E-state index contributed by atoms with van der Waals surface area (Å²) in [5.41, 5.74) is 1.28. The van der Waals surface area contributed by atoms with E-state index < -0.39 is 0 Å². The zero-order valence-corrected chi connectivity index (χ0v) is 13.3. The van der Waals surface area contributed by atoms with Gasteiger partial charge in [0, 0.05) is 24.3 Å². The first-order valence-corrected chi connectivity index (χ1v) is 8.38. The van der Waals surface area contributed by atoms with Crippen LogP contribution in [0.25, 0.3) is 0 Å². The molecule has 0 radical (unpaired) electrons. The molecule has 130 valence electrons. The van der Waals surface area contributed by atoms with Crippen molar-refractivity contribution in [1.29, 1.82) is 0 Å². The van der Waals surface area contributed by atoms with Crippen molar-refractivity contribution >= 4 is 6.03 Å². The van der Waals surface area contributed by atoms with Crippen LogP contribution in [0.15, 0.2) is 12.1 Å². The molecule has 1 aromatic rings. The highest BCUT2D eigenvalue weighted by Gasteiger charge is 2.41. The number of hydrogen-bond donors (Lipinski definition) is 2. The number of carbonyl (C=O) groups is 1. The van der Waals surface area contributed by atoms with E-state index in [1.54, 1.807) is 0 Å². The maximum absolute atomic E-state index is 13.7. The smallest absolute Gasteiger partial charge is 0.315 e. The number of hydrogen-bond acceptors (Lipinski definition) is 4. The van der Waals surface area contributed by atoms with Crippen LogP contribution in [0.2, 0.25) is 0 Å². The molecule has 1 aromatic carbocycles. The molecule has 0 unspecified atom stereocenters. The molecule has 1 saturated heterocycles. The van der Waals surface area contributed by atoms with Crippen LogP contribution in [-0.2, 0) is 22.6 Å². The van der Waals surface area contributed by atoms with Crippen LogP contribution in [0, 0.1) is 11.7 Å². The maximum atomic E-state index is 13.7. The molecule has 24 heavy (non-hydrogen) atoms. The summed E-state index contributed by atoms with van der Waals surface area (Å²) in [6.07, 6.45) is 3.33. The summed E-state index contributed by atoms with van der Waals surface area (Å²) in [6.45, 7) is 1.35. The average molecular weight is 336 g/mol. The summed E-state index contributed by atoms with van der Waals surface area (Å²) in [7, 11) is 0. The normalized spacial score (nSPS) is 25.7. The maximum Gasteiger partial charge on any atom is 0.315 e. The number of ether oxygens (including phenoxy) is 3. The van der Waals surface area contributed by atoms with Gasteiger partial charge in [0.25, 0.3) is 0 Å². The second kappa shape index (κ2) is 6.57. The van der Waals surface area contributed by atoms with Gasteiger partial charge in [0.15, 0.2) is 6.79 Å². The van der Waals surface area contributed by atoms with Crippen molar-refractivity contribution < 1.29 is 23.4 Å². The summed E-state index contributed by atoms with van der Waals surface area (Å²) in [5, 5.41) is 5.77. The van der Waals surface area contributed by atoms with Crippen LogP contribution in [0.3, 0.4) is 0 Å². The van der Waals surface area contributed by atoms with Crippen molar-refractivity contribution in [2.75, 3.05) is 13.4 Å². The Morgan fingerprint density at radius 3 is 3.00 bits per heavy atom. The van der Waals surface area contributed by atoms with Crippen LogP contribution in [-0.4, -0.2) is 31.6 Å². The van der Waals surface area contributed by atoms with Gasteiger partial charge in [-0.3, -0.25) is 0 Å². The average Bonchev–Trinajstić information content (AvgIpc) is 3.32. The number of halogens is 1. The van der Waals surface area contributed by atoms with E-state index >= 15 is 0 Å². The van der Waals surface area contributed by atoms with Crippen LogP contribution < -0.4 is 15.4 Å². The molecule has 1 aliphatic carbocycles. The molecule has 2 fully saturated rings. The highest BCUT2D eigenvalue weighted by molar-refractivity contribution is 5.74. The predicted octanol–water partition coefficient (Wildman–Crippen LogP) is 2.06. The molecule has 2 aliphatic heterocycles. The summed E-state index contributed by atoms with van der Waals surface area (Å²) in [5.74, 6) is 0.822. The van der Waals surface area contributed by atoms with Crippen LogP contribution >= 0.6 is 0 Å². The van der Waals surface area contributed by atoms with Gasteiger partial charge in [-0.25, -0.2) is 9.18 Å². The van der Waals surface area contributed by atoms with Gasteiger partial charge in [-0.05, 0) is 37.3 Å². The minimum Gasteiger partial charge on any atom is -0.467 e. The molecular weight excluding hydrogens is 315 g/mol. The van der Waals surface area contributed by atoms with E-state index in [-0.39, 0.29) is 37.3 Å². The highest BCUT2D eigenvalue weighted by Crippen LogP contribution is 2.38. The fraction of sp³-hybridized carbons (Fsp3) is 0.588. The lowest BCUT2D eigenvalue weighted by Crippen LogP contribution is -2.46. The summed E-state index contributed by atoms with van der Waals surface area (Å²) in [6, 6.07) is 2.58. The van der Waals surface area contributed by atoms with E-state index in [4.69, 9.17) is 14.2 Å². The fourth-order valence-corrected chi connectivity index (χ4v) is 3.44. The van der Waals surface area contributed by atoms with Crippen molar-refractivity contribution in [2.45, 2.75) is 44.6 Å². The molecule has 1 saturated carbocycles. The van der Waals surface area contributed by atoms with Crippen molar-refractivity contribution in [3.05, 3.63) is 29.1 Å². The van der Waals surface area contributed by atoms with Crippen LogP contribution in [0.1, 0.15) is 30.4 Å². The van der Waals surface area contributed by atoms with Gasteiger partial charge < -0.3 is 24.8 Å². The molecule has 4 rings (SSSR count). The molecule has 0 spiro atoms. The molecule has 2 atom stereocenters. The number of fused-ring (bicyclic) bond motifs is 1. The molecule has 0 aromatic heterocycles. The SMILES string of the molecule is O=C(NCc1cc(F)cc2c1OCOC2)N[C@H]1CCO[C@H]1C1CC1. The van der Waals surface area contributed by atoms with Crippen LogP contribution in [0.4, 0.5) is 9.18 Å². The monoisotopic (exact) mass is 336 g/mol. The minimum absolute atomic E-state index is 0.0589. The lowest BCUT2D eigenvalue weighted by Gasteiger charge is -2.22. The van der Waals surface area contributed by atoms with E-state index in [0.29, 0.717) is 36.0 Å².